The van der Waals surface area contributed by atoms with Gasteiger partial charge in [0.05, 0.1) is 0 Å². The van der Waals surface area contributed by atoms with Gasteiger partial charge in [0.1, 0.15) is 6.67 Å². The molecular weight excluding hydrogens is 131 g/mol. The van der Waals surface area contributed by atoms with E-state index in [2.05, 4.69) is 17.1 Å². The molecule has 0 radical (unpaired) electrons. The number of nitrogens with one attached hydrogen (secondary N) is 1. The van der Waals surface area contributed by atoms with Gasteiger partial charge in [-0.2, -0.15) is 0 Å². The Kier molecular flexibility index (Phi) is 2.63. The number of hydrogen-bond donors (Lipinski definition) is 1. The van der Waals surface area contributed by atoms with E-state index in [1.54, 1.807) is 0 Å². The number of nitrogens with zero attached hydrogens (tertiary/aromatic N) is 1. The Morgan fingerprint density at radius 1 is 1.70 bits per heavy atom. The number of hydrogen-bond acceptors (Lipinski definition) is 2. The molecule has 0 aromatic carbocycles. The van der Waals surface area contributed by atoms with Crippen LogP contribution in [0.1, 0.15) is 6.92 Å². The molecule has 0 amide bonds. The fourth-order valence-electron chi connectivity index (χ4n) is 1.19. The second kappa shape index (κ2) is 3.30. The summed E-state index contributed by atoms with van der Waals surface area (Å²) in [5, 5.41) is 3.13. The van der Waals surface area contributed by atoms with E-state index in [9.17, 15) is 4.39 Å². The number of halogens is 1. The van der Waals surface area contributed by atoms with Crippen molar-refractivity contribution in [2.24, 2.45) is 0 Å². The van der Waals surface area contributed by atoms with E-state index in [0.717, 1.165) is 13.1 Å². The zero-order valence-electron chi connectivity index (χ0n) is 6.60. The molecule has 2 atom stereocenters. The second-order valence-electron chi connectivity index (χ2n) is 3.05. The first-order valence-corrected chi connectivity index (χ1v) is 3.73. The molecule has 3 heteroatoms. The maximum atomic E-state index is 12.1. The molecule has 1 aliphatic heterocycles. The van der Waals surface area contributed by atoms with Crippen molar-refractivity contribution in [3.05, 3.63) is 0 Å². The Morgan fingerprint density at radius 3 is 2.90 bits per heavy atom. The first kappa shape index (κ1) is 7.95. The number of alkyl halides is 1. The maximum Gasteiger partial charge on any atom is 0.106 e. The van der Waals surface area contributed by atoms with E-state index in [-0.39, 0.29) is 12.7 Å². The summed E-state index contributed by atoms with van der Waals surface area (Å²) in [6.45, 7) is 3.63. The van der Waals surface area contributed by atoms with Crippen molar-refractivity contribution in [1.82, 2.24) is 10.2 Å². The van der Waals surface area contributed by atoms with Crippen LogP contribution in [0.15, 0.2) is 0 Å². The smallest absolute Gasteiger partial charge is 0.106 e. The Hall–Kier alpha value is -0.150. The van der Waals surface area contributed by atoms with Crippen LogP contribution in [0.5, 0.6) is 0 Å². The maximum absolute atomic E-state index is 12.1. The molecule has 2 nitrogen and oxygen atoms in total. The third-order valence-electron chi connectivity index (χ3n) is 2.15. The average Bonchev–Trinajstić information content (AvgIpc) is 1.95. The predicted octanol–water partition coefficient (Wildman–Crippen LogP) is 0.248. The molecule has 1 aliphatic rings. The van der Waals surface area contributed by atoms with Crippen molar-refractivity contribution in [2.75, 3.05) is 26.8 Å². The normalized spacial score (nSPS) is 36.3. The Labute approximate surface area is 61.4 Å². The largest absolute Gasteiger partial charge is 0.309 e. The molecule has 0 aliphatic carbocycles. The monoisotopic (exact) mass is 146 g/mol. The van der Waals surface area contributed by atoms with Gasteiger partial charge in [0.15, 0.2) is 0 Å². The van der Waals surface area contributed by atoms with Gasteiger partial charge in [-0.1, -0.05) is 0 Å². The van der Waals surface area contributed by atoms with Gasteiger partial charge in [-0.3, -0.25) is 0 Å². The molecule has 60 valence electrons. The highest BCUT2D eigenvalue weighted by molar-refractivity contribution is 4.80. The fourth-order valence-corrected chi connectivity index (χ4v) is 1.19. The Morgan fingerprint density at radius 2 is 2.40 bits per heavy atom. The van der Waals surface area contributed by atoms with Crippen LogP contribution in [0.3, 0.4) is 0 Å². The Bertz CT molecular complexity index is 108. The van der Waals surface area contributed by atoms with E-state index >= 15 is 0 Å². The van der Waals surface area contributed by atoms with Crippen LogP contribution in [0.4, 0.5) is 4.39 Å². The Balaban J connectivity index is 2.33. The van der Waals surface area contributed by atoms with Crippen molar-refractivity contribution in [3.8, 4) is 0 Å². The molecular formula is C7H15FN2. The summed E-state index contributed by atoms with van der Waals surface area (Å²) in [6.07, 6.45) is 0. The molecule has 0 aromatic heterocycles. The molecule has 1 rings (SSSR count). The van der Waals surface area contributed by atoms with Crippen LogP contribution in [0, 0.1) is 0 Å². The summed E-state index contributed by atoms with van der Waals surface area (Å²) in [6, 6.07) is 0.601. The third-order valence-corrected chi connectivity index (χ3v) is 2.15. The molecule has 1 N–H and O–H groups in total. The molecule has 0 spiro atoms. The van der Waals surface area contributed by atoms with Crippen molar-refractivity contribution in [3.63, 3.8) is 0 Å². The van der Waals surface area contributed by atoms with Crippen LogP contribution >= 0.6 is 0 Å². The molecule has 1 fully saturated rings. The van der Waals surface area contributed by atoms with Gasteiger partial charge in [0.2, 0.25) is 0 Å². The third kappa shape index (κ3) is 1.67. The van der Waals surface area contributed by atoms with Gasteiger partial charge in [0, 0.05) is 25.2 Å². The lowest BCUT2D eigenvalue weighted by molar-refractivity contribution is 0.159. The topological polar surface area (TPSA) is 15.3 Å². The highest BCUT2D eigenvalue weighted by Crippen LogP contribution is 2.03. The molecule has 0 aromatic rings. The van der Waals surface area contributed by atoms with E-state index in [1.165, 1.54) is 0 Å². The zero-order valence-corrected chi connectivity index (χ0v) is 6.60. The summed E-state index contributed by atoms with van der Waals surface area (Å²) in [4.78, 5) is 2.18. The molecule has 0 saturated carbocycles. The first-order valence-electron chi connectivity index (χ1n) is 3.73. The highest BCUT2D eigenvalue weighted by atomic mass is 19.1. The van der Waals surface area contributed by atoms with Crippen LogP contribution in [-0.4, -0.2) is 43.8 Å². The van der Waals surface area contributed by atoms with Crippen molar-refractivity contribution < 1.29 is 4.39 Å². The van der Waals surface area contributed by atoms with Crippen molar-refractivity contribution in [2.45, 2.75) is 19.0 Å². The summed E-state index contributed by atoms with van der Waals surface area (Å²) in [7, 11) is 2.04. The summed E-state index contributed by atoms with van der Waals surface area (Å²) in [5.41, 5.74) is 0. The fraction of sp³-hybridized carbons (Fsp3) is 1.00. The van der Waals surface area contributed by atoms with Crippen LogP contribution in [0.25, 0.3) is 0 Å². The minimum absolute atomic E-state index is 0.0567. The van der Waals surface area contributed by atoms with Gasteiger partial charge in [0.25, 0.3) is 0 Å². The molecule has 1 heterocycles. The first-order chi connectivity index (χ1) is 4.74. The standard InChI is InChI=1S/C7H15FN2/c1-6-4-9-7(3-8)5-10(6)2/h6-7,9H,3-5H2,1-2H3/t6-,7-/m1/s1. The van der Waals surface area contributed by atoms with Gasteiger partial charge in [-0.25, -0.2) is 4.39 Å². The SMILES string of the molecule is C[C@@H]1CN[C@H](CF)CN1C. The quantitative estimate of drug-likeness (QED) is 0.570. The number of rotatable bonds is 1. The summed E-state index contributed by atoms with van der Waals surface area (Å²) < 4.78 is 12.1. The van der Waals surface area contributed by atoms with Gasteiger partial charge < -0.3 is 10.2 Å². The minimum atomic E-state index is -0.253. The highest BCUT2D eigenvalue weighted by Gasteiger charge is 2.20. The van der Waals surface area contributed by atoms with Crippen LogP contribution in [-0.2, 0) is 0 Å². The van der Waals surface area contributed by atoms with Crippen LogP contribution in [0.2, 0.25) is 0 Å². The van der Waals surface area contributed by atoms with Crippen LogP contribution < -0.4 is 5.32 Å². The average molecular weight is 146 g/mol. The minimum Gasteiger partial charge on any atom is -0.309 e. The lowest BCUT2D eigenvalue weighted by Crippen LogP contribution is -2.54. The second-order valence-corrected chi connectivity index (χ2v) is 3.05. The number of likely N-dealkylation sites (N-methyl/N-ethyl adjacent to an activating group) is 1. The predicted molar refractivity (Wildman–Crippen MR) is 39.9 cm³/mol. The summed E-state index contributed by atoms with van der Waals surface area (Å²) in [5.74, 6) is 0. The van der Waals surface area contributed by atoms with E-state index in [0.29, 0.717) is 6.04 Å². The molecule has 10 heavy (non-hydrogen) atoms. The van der Waals surface area contributed by atoms with Crippen molar-refractivity contribution >= 4 is 0 Å². The van der Waals surface area contributed by atoms with Gasteiger partial charge >= 0.3 is 0 Å². The van der Waals surface area contributed by atoms with E-state index in [1.807, 2.05) is 7.05 Å². The number of piperazine rings is 1. The lowest BCUT2D eigenvalue weighted by atomic mass is 10.1. The zero-order chi connectivity index (χ0) is 7.56. The van der Waals surface area contributed by atoms with E-state index < -0.39 is 0 Å². The van der Waals surface area contributed by atoms with Gasteiger partial charge in [-0.05, 0) is 14.0 Å². The molecule has 0 unspecified atom stereocenters. The van der Waals surface area contributed by atoms with E-state index in [4.69, 9.17) is 0 Å². The van der Waals surface area contributed by atoms with Crippen molar-refractivity contribution in [1.29, 1.82) is 0 Å². The molecule has 0 bridgehead atoms. The summed E-state index contributed by atoms with van der Waals surface area (Å²) >= 11 is 0. The molecule has 1 saturated heterocycles. The van der Waals surface area contributed by atoms with Gasteiger partial charge in [-0.15, -0.1) is 0 Å². The lowest BCUT2D eigenvalue weighted by Gasteiger charge is -2.34.